The van der Waals surface area contributed by atoms with Crippen molar-refractivity contribution in [2.75, 3.05) is 5.32 Å². The number of hydrogen-bond donors (Lipinski definition) is 1. The first-order chi connectivity index (χ1) is 9.56. The van der Waals surface area contributed by atoms with E-state index in [1.807, 2.05) is 6.07 Å². The summed E-state index contributed by atoms with van der Waals surface area (Å²) >= 11 is 3.31. The van der Waals surface area contributed by atoms with Gasteiger partial charge in [0.25, 0.3) is 5.91 Å². The Kier molecular flexibility index (Phi) is 4.68. The maximum Gasteiger partial charge on any atom is 0.387 e. The molecule has 0 spiro atoms. The molecule has 0 heterocycles. The third-order valence-corrected chi connectivity index (χ3v) is 3.13. The molecule has 6 heteroatoms. The number of amides is 1. The monoisotopic (exact) mass is 341 g/mol. The van der Waals surface area contributed by atoms with Gasteiger partial charge in [0.2, 0.25) is 0 Å². The highest BCUT2D eigenvalue weighted by atomic mass is 79.9. The van der Waals surface area contributed by atoms with Crippen molar-refractivity contribution >= 4 is 27.5 Å². The third kappa shape index (κ3) is 3.77. The number of ether oxygens (including phenoxy) is 1. The zero-order valence-electron chi connectivity index (χ0n) is 10.1. The van der Waals surface area contributed by atoms with Crippen LogP contribution in [0.1, 0.15) is 10.4 Å². The second-order valence-electron chi connectivity index (χ2n) is 3.84. The van der Waals surface area contributed by atoms with Crippen molar-refractivity contribution in [3.63, 3.8) is 0 Å². The van der Waals surface area contributed by atoms with E-state index < -0.39 is 12.5 Å². The average molecular weight is 342 g/mol. The van der Waals surface area contributed by atoms with Gasteiger partial charge in [0.05, 0.1) is 5.69 Å². The van der Waals surface area contributed by atoms with Crippen LogP contribution in [0.25, 0.3) is 0 Å². The van der Waals surface area contributed by atoms with Gasteiger partial charge in [-0.25, -0.2) is 0 Å². The van der Waals surface area contributed by atoms with E-state index in [0.717, 1.165) is 4.47 Å². The first-order valence-electron chi connectivity index (χ1n) is 5.67. The molecule has 20 heavy (non-hydrogen) atoms. The van der Waals surface area contributed by atoms with Crippen LogP contribution in [0.5, 0.6) is 5.75 Å². The topological polar surface area (TPSA) is 38.3 Å². The lowest BCUT2D eigenvalue weighted by Gasteiger charge is -2.09. The van der Waals surface area contributed by atoms with E-state index in [1.165, 1.54) is 24.3 Å². The Morgan fingerprint density at radius 2 is 1.90 bits per heavy atom. The Balaban J connectivity index is 2.15. The summed E-state index contributed by atoms with van der Waals surface area (Å²) in [5.41, 5.74) is 0.830. The van der Waals surface area contributed by atoms with E-state index in [0.29, 0.717) is 5.69 Å². The van der Waals surface area contributed by atoms with Gasteiger partial charge in [0.1, 0.15) is 5.75 Å². The van der Waals surface area contributed by atoms with Crippen LogP contribution in [0.4, 0.5) is 14.5 Å². The zero-order valence-corrected chi connectivity index (χ0v) is 11.7. The molecule has 0 aliphatic carbocycles. The fourth-order valence-corrected chi connectivity index (χ4v) is 1.95. The lowest BCUT2D eigenvalue weighted by Crippen LogP contribution is -2.12. The summed E-state index contributed by atoms with van der Waals surface area (Å²) in [5, 5.41) is 2.68. The molecule has 0 saturated carbocycles. The highest BCUT2D eigenvalue weighted by Gasteiger charge is 2.10. The van der Waals surface area contributed by atoms with Gasteiger partial charge < -0.3 is 10.1 Å². The highest BCUT2D eigenvalue weighted by molar-refractivity contribution is 9.10. The summed E-state index contributed by atoms with van der Waals surface area (Å²) in [6.07, 6.45) is 0. The second-order valence-corrected chi connectivity index (χ2v) is 4.69. The number of rotatable bonds is 4. The number of carbonyl (C=O) groups excluding carboxylic acids is 1. The molecule has 0 bridgehead atoms. The van der Waals surface area contributed by atoms with Gasteiger partial charge in [-0.15, -0.1) is 0 Å². The molecule has 0 aliphatic rings. The van der Waals surface area contributed by atoms with Gasteiger partial charge in [-0.2, -0.15) is 8.78 Å². The van der Waals surface area contributed by atoms with Gasteiger partial charge in [-0.05, 0) is 46.3 Å². The Labute approximate surface area is 122 Å². The fourth-order valence-electron chi connectivity index (χ4n) is 1.57. The third-order valence-electron chi connectivity index (χ3n) is 2.44. The number of alkyl halides is 2. The van der Waals surface area contributed by atoms with Gasteiger partial charge in [0, 0.05) is 10.0 Å². The van der Waals surface area contributed by atoms with Crippen LogP contribution in [-0.4, -0.2) is 12.5 Å². The quantitative estimate of drug-likeness (QED) is 0.900. The van der Waals surface area contributed by atoms with Crippen LogP contribution in [0.15, 0.2) is 53.0 Å². The smallest absolute Gasteiger partial charge is 0.387 e. The first-order valence-corrected chi connectivity index (χ1v) is 6.46. The molecule has 2 aromatic carbocycles. The molecular formula is C14H10BrF2NO2. The molecule has 3 nitrogen and oxygen atoms in total. The molecule has 0 atom stereocenters. The van der Waals surface area contributed by atoms with E-state index in [1.54, 1.807) is 18.2 Å². The second kappa shape index (κ2) is 6.47. The molecule has 0 fully saturated rings. The number of nitrogens with one attached hydrogen (secondary N) is 1. The van der Waals surface area contributed by atoms with Crippen LogP contribution in [-0.2, 0) is 0 Å². The number of para-hydroxylation sites is 1. The van der Waals surface area contributed by atoms with Crippen molar-refractivity contribution in [1.82, 2.24) is 0 Å². The SMILES string of the molecule is O=C(Nc1ccccc1Br)c1cccc(OC(F)F)c1. The summed E-state index contributed by atoms with van der Waals surface area (Å²) < 4.78 is 29.2. The number of hydrogen-bond acceptors (Lipinski definition) is 2. The van der Waals surface area contributed by atoms with E-state index >= 15 is 0 Å². The predicted molar refractivity (Wildman–Crippen MR) is 75.2 cm³/mol. The number of anilines is 1. The number of benzene rings is 2. The van der Waals surface area contributed by atoms with E-state index in [-0.39, 0.29) is 11.3 Å². The van der Waals surface area contributed by atoms with Crippen LogP contribution < -0.4 is 10.1 Å². The van der Waals surface area contributed by atoms with Crippen LogP contribution in [0.2, 0.25) is 0 Å². The van der Waals surface area contributed by atoms with Crippen LogP contribution in [0, 0.1) is 0 Å². The minimum absolute atomic E-state index is 0.0558. The molecule has 104 valence electrons. The predicted octanol–water partition coefficient (Wildman–Crippen LogP) is 4.30. The summed E-state index contributed by atoms with van der Waals surface area (Å²) in [7, 11) is 0. The Morgan fingerprint density at radius 1 is 1.15 bits per heavy atom. The molecule has 0 aromatic heterocycles. The summed E-state index contributed by atoms with van der Waals surface area (Å²) in [4.78, 5) is 12.0. The normalized spacial score (nSPS) is 10.4. The fraction of sp³-hybridized carbons (Fsp3) is 0.0714. The maximum absolute atomic E-state index is 12.1. The van der Waals surface area contributed by atoms with Crippen molar-refractivity contribution in [1.29, 1.82) is 0 Å². The number of carbonyl (C=O) groups is 1. The van der Waals surface area contributed by atoms with Gasteiger partial charge in [0.15, 0.2) is 0 Å². The zero-order chi connectivity index (χ0) is 14.5. The molecule has 0 unspecified atom stereocenters. The van der Waals surface area contributed by atoms with Crippen LogP contribution in [0.3, 0.4) is 0 Å². The van der Waals surface area contributed by atoms with E-state index in [4.69, 9.17) is 0 Å². The van der Waals surface area contributed by atoms with E-state index in [9.17, 15) is 13.6 Å². The highest BCUT2D eigenvalue weighted by Crippen LogP contribution is 2.23. The molecule has 2 rings (SSSR count). The minimum Gasteiger partial charge on any atom is -0.435 e. The average Bonchev–Trinajstić information content (AvgIpc) is 2.41. The van der Waals surface area contributed by atoms with Crippen molar-refractivity contribution in [2.45, 2.75) is 6.61 Å². The van der Waals surface area contributed by atoms with Crippen LogP contribution >= 0.6 is 15.9 Å². The first kappa shape index (κ1) is 14.5. The van der Waals surface area contributed by atoms with Gasteiger partial charge in [-0.1, -0.05) is 18.2 Å². The minimum atomic E-state index is -2.92. The van der Waals surface area contributed by atoms with Crippen molar-refractivity contribution in [2.24, 2.45) is 0 Å². The standard InChI is InChI=1S/C14H10BrF2NO2/c15-11-6-1-2-7-12(11)18-13(19)9-4-3-5-10(8-9)20-14(16)17/h1-8,14H,(H,18,19). The molecule has 0 saturated heterocycles. The lowest BCUT2D eigenvalue weighted by molar-refractivity contribution is -0.0498. The maximum atomic E-state index is 12.1. The molecule has 2 aromatic rings. The Bertz CT molecular complexity index is 620. The molecular weight excluding hydrogens is 332 g/mol. The molecule has 0 aliphatic heterocycles. The van der Waals surface area contributed by atoms with Crippen molar-refractivity contribution < 1.29 is 18.3 Å². The Morgan fingerprint density at radius 3 is 2.60 bits per heavy atom. The van der Waals surface area contributed by atoms with Gasteiger partial charge in [-0.3, -0.25) is 4.79 Å². The summed E-state index contributed by atoms with van der Waals surface area (Å²) in [5.74, 6) is -0.462. The molecule has 1 amide bonds. The van der Waals surface area contributed by atoms with Gasteiger partial charge >= 0.3 is 6.61 Å². The summed E-state index contributed by atoms with van der Waals surface area (Å²) in [6.45, 7) is -2.92. The van der Waals surface area contributed by atoms with E-state index in [2.05, 4.69) is 26.0 Å². The number of halogens is 3. The molecule has 1 N–H and O–H groups in total. The van der Waals surface area contributed by atoms with Crippen molar-refractivity contribution in [3.8, 4) is 5.75 Å². The lowest BCUT2D eigenvalue weighted by atomic mass is 10.2. The Hall–Kier alpha value is -1.95. The largest absolute Gasteiger partial charge is 0.435 e. The van der Waals surface area contributed by atoms with Crippen molar-refractivity contribution in [3.05, 3.63) is 58.6 Å². The summed E-state index contributed by atoms with van der Waals surface area (Å²) in [6, 6.07) is 12.7. The molecule has 0 radical (unpaired) electrons.